The summed E-state index contributed by atoms with van der Waals surface area (Å²) < 4.78 is 33.3. The first-order valence-electron chi connectivity index (χ1n) is 7.42. The van der Waals surface area contributed by atoms with Crippen LogP contribution in [-0.4, -0.2) is 21.0 Å². The molecule has 0 amide bonds. The molecule has 0 heterocycles. The van der Waals surface area contributed by atoms with Crippen LogP contribution >= 0.6 is 0 Å². The van der Waals surface area contributed by atoms with Crippen LogP contribution in [0.3, 0.4) is 0 Å². The highest BCUT2D eigenvalue weighted by molar-refractivity contribution is 7.91. The molecule has 0 fully saturated rings. The summed E-state index contributed by atoms with van der Waals surface area (Å²) in [5.41, 5.74) is 0. The second-order valence-electron chi connectivity index (χ2n) is 7.12. The van der Waals surface area contributed by atoms with Gasteiger partial charge in [0.15, 0.2) is 0 Å². The minimum absolute atomic E-state index is 0.237. The van der Waals surface area contributed by atoms with Crippen molar-refractivity contribution in [2.24, 2.45) is 17.8 Å². The fraction of sp³-hybridized carbons (Fsp3) is 0.800. The molecule has 0 rings (SSSR count). The van der Waals surface area contributed by atoms with Gasteiger partial charge in [-0.2, -0.15) is 8.42 Å². The highest BCUT2D eigenvalue weighted by Gasteiger charge is 2.47. The van der Waals surface area contributed by atoms with E-state index in [1.807, 2.05) is 0 Å². The Labute approximate surface area is 126 Å². The molecule has 0 saturated carbocycles. The van der Waals surface area contributed by atoms with Gasteiger partial charge in [-0.25, -0.2) is 0 Å². The first kappa shape index (κ1) is 19.9. The van der Waals surface area contributed by atoms with Gasteiger partial charge in [-0.05, 0) is 17.8 Å². The van der Waals surface area contributed by atoms with Gasteiger partial charge in [0.2, 0.25) is 0 Å². The summed E-state index contributed by atoms with van der Waals surface area (Å²) >= 11 is 0. The fourth-order valence-corrected chi connectivity index (χ4v) is 12.9. The summed E-state index contributed by atoms with van der Waals surface area (Å²) in [4.78, 5) is 0.237. The molecule has 5 heteroatoms. The van der Waals surface area contributed by atoms with E-state index in [2.05, 4.69) is 48.1 Å². The zero-order chi connectivity index (χ0) is 16.1. The van der Waals surface area contributed by atoms with Gasteiger partial charge in [0.25, 0.3) is 10.1 Å². The van der Waals surface area contributed by atoms with Gasteiger partial charge in [0, 0.05) is 0 Å². The van der Waals surface area contributed by atoms with Crippen LogP contribution in [0.15, 0.2) is 12.7 Å². The van der Waals surface area contributed by atoms with Crippen LogP contribution in [0.5, 0.6) is 0 Å². The van der Waals surface area contributed by atoms with Crippen molar-refractivity contribution in [3.05, 3.63) is 17.5 Å². The molecule has 0 unspecified atom stereocenters. The Balaban J connectivity index is 5.84. The molecule has 0 aromatic heterocycles. The van der Waals surface area contributed by atoms with Crippen molar-refractivity contribution >= 4 is 18.2 Å². The molecule has 20 heavy (non-hydrogen) atoms. The van der Waals surface area contributed by atoms with E-state index < -0.39 is 18.2 Å². The van der Waals surface area contributed by atoms with E-state index in [1.165, 1.54) is 6.08 Å². The van der Waals surface area contributed by atoms with Crippen LogP contribution in [-0.2, 0) is 10.1 Å². The Morgan fingerprint density at radius 2 is 1.30 bits per heavy atom. The average molecular weight is 320 g/mol. The predicted octanol–water partition coefficient (Wildman–Crippen LogP) is 4.55. The molecule has 0 bridgehead atoms. The van der Waals surface area contributed by atoms with Gasteiger partial charge in [-0.15, -0.1) is 6.58 Å². The van der Waals surface area contributed by atoms with Crippen molar-refractivity contribution in [1.29, 1.82) is 0 Å². The summed E-state index contributed by atoms with van der Waals surface area (Å²) in [5, 5.41) is 0. The SMILES string of the molecule is C=C[C]([Si](CC(C)C)(CC(C)C)CC(C)C)S(=O)(=O)O. The van der Waals surface area contributed by atoms with Crippen molar-refractivity contribution in [3.8, 4) is 0 Å². The molecule has 0 aromatic carbocycles. The lowest BCUT2D eigenvalue weighted by atomic mass is 10.2. The topological polar surface area (TPSA) is 54.4 Å². The molecule has 0 aliphatic carbocycles. The average Bonchev–Trinajstić information content (AvgIpc) is 2.10. The van der Waals surface area contributed by atoms with Crippen molar-refractivity contribution < 1.29 is 13.0 Å². The van der Waals surface area contributed by atoms with Gasteiger partial charge >= 0.3 is 0 Å². The van der Waals surface area contributed by atoms with Crippen LogP contribution in [0.25, 0.3) is 0 Å². The highest BCUT2D eigenvalue weighted by Crippen LogP contribution is 2.41. The van der Waals surface area contributed by atoms with E-state index in [1.54, 1.807) is 0 Å². The Hall–Kier alpha value is -0.133. The van der Waals surface area contributed by atoms with Gasteiger partial charge in [0.1, 0.15) is 4.87 Å². The Bertz CT molecular complexity index is 373. The lowest BCUT2D eigenvalue weighted by molar-refractivity contribution is 0.488. The van der Waals surface area contributed by atoms with Crippen LogP contribution in [0, 0.1) is 22.6 Å². The maximum atomic E-state index is 11.8. The molecule has 3 nitrogen and oxygen atoms in total. The number of hydrogen-bond donors (Lipinski definition) is 1. The molecule has 0 saturated heterocycles. The highest BCUT2D eigenvalue weighted by atomic mass is 32.2. The second kappa shape index (κ2) is 7.76. The van der Waals surface area contributed by atoms with E-state index in [4.69, 9.17) is 0 Å². The standard InChI is InChI=1S/C15H31O3SSi/c1-8-15(19(16,17)18)20(9-12(2)3,10-13(4)5)11-14(6)7/h8,12-14H,1,9-11H2,2-7H3,(H,16,17,18). The van der Waals surface area contributed by atoms with Crippen LogP contribution in [0.2, 0.25) is 18.1 Å². The van der Waals surface area contributed by atoms with E-state index in [0.717, 1.165) is 18.1 Å². The lowest BCUT2D eigenvalue weighted by Crippen LogP contribution is -2.47. The fourth-order valence-electron chi connectivity index (χ4n) is 3.49. The Morgan fingerprint density at radius 3 is 1.45 bits per heavy atom. The van der Waals surface area contributed by atoms with Gasteiger partial charge in [-0.3, -0.25) is 4.55 Å². The van der Waals surface area contributed by atoms with Crippen molar-refractivity contribution in [2.75, 3.05) is 0 Å². The first-order valence-corrected chi connectivity index (χ1v) is 11.5. The molecule has 119 valence electrons. The first-order chi connectivity index (χ1) is 8.94. The molecule has 0 spiro atoms. The molecule has 0 aromatic rings. The smallest absolute Gasteiger partial charge is 0.273 e. The quantitative estimate of drug-likeness (QED) is 0.501. The van der Waals surface area contributed by atoms with Crippen molar-refractivity contribution in [2.45, 2.75) is 59.7 Å². The van der Waals surface area contributed by atoms with E-state index in [-0.39, 0.29) is 4.87 Å². The summed E-state index contributed by atoms with van der Waals surface area (Å²) in [6.07, 6.45) is 1.40. The predicted molar refractivity (Wildman–Crippen MR) is 89.7 cm³/mol. The molecule has 1 radical (unpaired) electrons. The maximum Gasteiger partial charge on any atom is 0.273 e. The molecule has 1 N–H and O–H groups in total. The third-order valence-corrected chi connectivity index (χ3v) is 12.2. The maximum absolute atomic E-state index is 11.8. The lowest BCUT2D eigenvalue weighted by Gasteiger charge is -2.39. The zero-order valence-corrected chi connectivity index (χ0v) is 15.6. The van der Waals surface area contributed by atoms with E-state index in [0.29, 0.717) is 17.8 Å². The molecule has 0 aliphatic heterocycles. The molecule has 0 atom stereocenters. The van der Waals surface area contributed by atoms with E-state index in [9.17, 15) is 13.0 Å². The monoisotopic (exact) mass is 319 g/mol. The normalized spacial score (nSPS) is 13.8. The zero-order valence-electron chi connectivity index (χ0n) is 13.8. The second-order valence-corrected chi connectivity index (χ2v) is 13.2. The third kappa shape index (κ3) is 6.10. The molecular formula is C15H31O3SSi. The number of hydrogen-bond acceptors (Lipinski definition) is 2. The summed E-state index contributed by atoms with van der Waals surface area (Å²) in [7, 11) is -6.44. The van der Waals surface area contributed by atoms with Gasteiger partial charge in [-0.1, -0.05) is 65.8 Å². The van der Waals surface area contributed by atoms with Gasteiger partial charge in [0.05, 0.1) is 8.07 Å². The summed E-state index contributed by atoms with van der Waals surface area (Å²) in [6, 6.07) is 2.64. The van der Waals surface area contributed by atoms with Crippen LogP contribution in [0.4, 0.5) is 0 Å². The largest absolute Gasteiger partial charge is 0.285 e. The van der Waals surface area contributed by atoms with Crippen LogP contribution in [0.1, 0.15) is 41.5 Å². The molecule has 0 aliphatic rings. The molecular weight excluding hydrogens is 288 g/mol. The van der Waals surface area contributed by atoms with Crippen molar-refractivity contribution in [1.82, 2.24) is 0 Å². The minimum Gasteiger partial charge on any atom is -0.285 e. The Morgan fingerprint density at radius 1 is 1.00 bits per heavy atom. The summed E-state index contributed by atoms with van der Waals surface area (Å²) in [5.74, 6) is 1.24. The third-order valence-electron chi connectivity index (χ3n) is 3.38. The minimum atomic E-state index is -4.15. The Kier molecular flexibility index (Phi) is 7.70. The van der Waals surface area contributed by atoms with E-state index >= 15 is 0 Å². The van der Waals surface area contributed by atoms with Crippen molar-refractivity contribution in [3.63, 3.8) is 0 Å². The van der Waals surface area contributed by atoms with Gasteiger partial charge < -0.3 is 0 Å². The number of rotatable bonds is 9. The van der Waals surface area contributed by atoms with Crippen LogP contribution < -0.4 is 0 Å². The summed E-state index contributed by atoms with van der Waals surface area (Å²) in [6.45, 7) is 16.4.